The molecule has 4 aliphatic carbocycles. The number of carbonyl (C=O) groups is 4. The van der Waals surface area contributed by atoms with Crippen LogP contribution in [-0.2, 0) is 30.5 Å². The highest BCUT2D eigenvalue weighted by molar-refractivity contribution is 7.13. The van der Waals surface area contributed by atoms with Gasteiger partial charge in [-0.25, -0.2) is 4.98 Å². The standard InChI is InChI=1S/C40H56N4O6S/c1-25-35(51-24-42-25)30-11-9-26(10-12-30)22-41-37(48)32-17-31(45)23-44(32)38(49)36(39(2,3)4)43-33(46)8-6-5-7-13-50-34(47)21-40-18-27-14-28(19-40)16-29(15-27)20-40/h9-12,24,27-29,31-32,36,45H,5-8,13-23H2,1-4H3,(H,41,48)(H,43,46)/t27?,28?,29?,31-,32+,36-,40?/m1/s1. The number of rotatable bonds is 14. The first-order chi connectivity index (χ1) is 24.3. The first-order valence-electron chi connectivity index (χ1n) is 19.0. The highest BCUT2D eigenvalue weighted by Crippen LogP contribution is 2.61. The lowest BCUT2D eigenvalue weighted by Gasteiger charge is -2.56. The second-order valence-corrected chi connectivity index (χ2v) is 17.9. The number of β-amino-alcohol motifs (C(OH)–C–C–N with tert-alkyl or cyclic N) is 1. The van der Waals surface area contributed by atoms with Crippen LogP contribution >= 0.6 is 11.3 Å². The smallest absolute Gasteiger partial charge is 0.306 e. The van der Waals surface area contributed by atoms with Crippen LogP contribution in [0.5, 0.6) is 0 Å². The number of carbonyl (C=O) groups excluding carboxylic acids is 4. The molecule has 0 spiro atoms. The number of nitrogens with zero attached hydrogens (tertiary/aromatic N) is 2. The van der Waals surface area contributed by atoms with Gasteiger partial charge in [0, 0.05) is 25.9 Å². The average molecular weight is 721 g/mol. The molecule has 1 aromatic carbocycles. The summed E-state index contributed by atoms with van der Waals surface area (Å²) in [5.74, 6) is 1.42. The molecule has 1 aromatic heterocycles. The number of likely N-dealkylation sites (tertiary alicyclic amines) is 1. The normalized spacial score (nSPS) is 27.3. The van der Waals surface area contributed by atoms with E-state index in [2.05, 4.69) is 15.6 Å². The minimum atomic E-state index is -0.862. The Morgan fingerprint density at radius 2 is 1.67 bits per heavy atom. The summed E-state index contributed by atoms with van der Waals surface area (Å²) in [6.45, 7) is 8.31. The van der Waals surface area contributed by atoms with Gasteiger partial charge in [0.05, 0.1) is 35.2 Å². The Balaban J connectivity index is 0.931. The van der Waals surface area contributed by atoms with Gasteiger partial charge in [-0.15, -0.1) is 11.3 Å². The summed E-state index contributed by atoms with van der Waals surface area (Å²) in [4.78, 5) is 59.9. The first-order valence-corrected chi connectivity index (χ1v) is 19.9. The zero-order valence-electron chi connectivity index (χ0n) is 30.7. The summed E-state index contributed by atoms with van der Waals surface area (Å²) in [6.07, 6.45) is 9.80. The molecule has 278 valence electrons. The van der Waals surface area contributed by atoms with E-state index in [1.807, 2.05) is 57.5 Å². The molecule has 7 rings (SSSR count). The first kappa shape index (κ1) is 37.4. The highest BCUT2D eigenvalue weighted by atomic mass is 32.1. The van der Waals surface area contributed by atoms with Crippen LogP contribution in [0.1, 0.15) is 109 Å². The SMILES string of the molecule is Cc1ncsc1-c1ccc(CNC(=O)[C@@H]2C[C@@H](O)CN2C(=O)[C@@H](NC(=O)CCCCCOC(=O)CC23CC4CC(CC(C4)C2)C3)C(C)(C)C)cc1. The minimum Gasteiger partial charge on any atom is -0.466 e. The number of aliphatic hydroxyl groups is 1. The molecule has 11 heteroatoms. The number of benzene rings is 1. The molecule has 1 aliphatic heterocycles. The Morgan fingerprint density at radius 3 is 2.27 bits per heavy atom. The molecule has 3 amide bonds. The van der Waals surface area contributed by atoms with Crippen LogP contribution < -0.4 is 10.6 Å². The molecule has 1 saturated heterocycles. The van der Waals surface area contributed by atoms with E-state index in [1.165, 1.54) is 43.4 Å². The predicted octanol–water partition coefficient (Wildman–Crippen LogP) is 5.94. The van der Waals surface area contributed by atoms with E-state index in [0.29, 0.717) is 25.9 Å². The van der Waals surface area contributed by atoms with Crippen LogP contribution in [-0.4, -0.2) is 70.0 Å². The Hall–Kier alpha value is -3.31. The number of aliphatic hydroxyl groups excluding tert-OH is 1. The van der Waals surface area contributed by atoms with Gasteiger partial charge in [-0.2, -0.15) is 0 Å². The number of hydrogen-bond acceptors (Lipinski definition) is 8. The monoisotopic (exact) mass is 720 g/mol. The average Bonchev–Trinajstić information content (AvgIpc) is 3.67. The highest BCUT2D eigenvalue weighted by Gasteiger charge is 2.51. The number of aryl methyl sites for hydroxylation is 1. The predicted molar refractivity (Wildman–Crippen MR) is 196 cm³/mol. The molecule has 51 heavy (non-hydrogen) atoms. The summed E-state index contributed by atoms with van der Waals surface area (Å²) in [5.41, 5.74) is 4.34. The molecular weight excluding hydrogens is 665 g/mol. The molecule has 0 radical (unpaired) electrons. The lowest BCUT2D eigenvalue weighted by Crippen LogP contribution is -2.57. The van der Waals surface area contributed by atoms with Crippen molar-refractivity contribution >= 4 is 35.0 Å². The van der Waals surface area contributed by atoms with Crippen LogP contribution in [0.2, 0.25) is 0 Å². The van der Waals surface area contributed by atoms with Crippen molar-refractivity contribution in [1.29, 1.82) is 0 Å². The fourth-order valence-corrected chi connectivity index (χ4v) is 10.4. The molecule has 0 unspecified atom stereocenters. The summed E-state index contributed by atoms with van der Waals surface area (Å²) in [5, 5.41) is 16.4. The Labute approximate surface area is 306 Å². The van der Waals surface area contributed by atoms with Crippen molar-refractivity contribution in [2.24, 2.45) is 28.6 Å². The molecule has 3 atom stereocenters. The van der Waals surface area contributed by atoms with Crippen molar-refractivity contribution < 1.29 is 29.0 Å². The Morgan fingerprint density at radius 1 is 1.00 bits per heavy atom. The zero-order valence-corrected chi connectivity index (χ0v) is 31.6. The van der Waals surface area contributed by atoms with E-state index in [9.17, 15) is 24.3 Å². The van der Waals surface area contributed by atoms with Gasteiger partial charge < -0.3 is 25.4 Å². The number of unbranched alkanes of at least 4 members (excludes halogenated alkanes) is 2. The lowest BCUT2D eigenvalue weighted by atomic mass is 9.49. The van der Waals surface area contributed by atoms with Gasteiger partial charge in [0.2, 0.25) is 17.7 Å². The van der Waals surface area contributed by atoms with Crippen LogP contribution in [0.3, 0.4) is 0 Å². The molecule has 2 heterocycles. The second-order valence-electron chi connectivity index (χ2n) is 17.1. The summed E-state index contributed by atoms with van der Waals surface area (Å²) < 4.78 is 5.64. The third-order valence-corrected chi connectivity index (χ3v) is 12.7. The Kier molecular flexibility index (Phi) is 11.6. The van der Waals surface area contributed by atoms with Crippen molar-refractivity contribution in [3.8, 4) is 10.4 Å². The third-order valence-electron chi connectivity index (χ3n) is 11.7. The van der Waals surface area contributed by atoms with Crippen LogP contribution in [0.25, 0.3) is 10.4 Å². The van der Waals surface area contributed by atoms with E-state index >= 15 is 0 Å². The largest absolute Gasteiger partial charge is 0.466 e. The van der Waals surface area contributed by atoms with Crippen molar-refractivity contribution in [3.05, 3.63) is 41.0 Å². The maximum atomic E-state index is 13.9. The number of amides is 3. The van der Waals surface area contributed by atoms with Gasteiger partial charge >= 0.3 is 5.97 Å². The van der Waals surface area contributed by atoms with Crippen LogP contribution in [0.15, 0.2) is 29.8 Å². The summed E-state index contributed by atoms with van der Waals surface area (Å²) >= 11 is 1.59. The van der Waals surface area contributed by atoms with Crippen molar-refractivity contribution in [2.45, 2.75) is 129 Å². The number of ether oxygens (including phenoxy) is 1. The van der Waals surface area contributed by atoms with Crippen molar-refractivity contribution in [3.63, 3.8) is 0 Å². The molecule has 5 aliphatic rings. The minimum absolute atomic E-state index is 0.0316. The maximum absolute atomic E-state index is 13.9. The zero-order chi connectivity index (χ0) is 36.3. The molecule has 3 N–H and O–H groups in total. The second kappa shape index (κ2) is 15.7. The molecule has 10 nitrogen and oxygen atoms in total. The van der Waals surface area contributed by atoms with E-state index < -0.39 is 23.6 Å². The summed E-state index contributed by atoms with van der Waals surface area (Å²) in [7, 11) is 0. The molecular formula is C40H56N4O6S. The van der Waals surface area contributed by atoms with Gasteiger partial charge in [-0.3, -0.25) is 19.2 Å². The molecule has 4 saturated carbocycles. The summed E-state index contributed by atoms with van der Waals surface area (Å²) in [6, 6.07) is 6.24. The number of aromatic nitrogens is 1. The van der Waals surface area contributed by atoms with Gasteiger partial charge in [-0.1, -0.05) is 45.0 Å². The van der Waals surface area contributed by atoms with Crippen molar-refractivity contribution in [1.82, 2.24) is 20.5 Å². The van der Waals surface area contributed by atoms with E-state index in [0.717, 1.165) is 45.9 Å². The number of nitrogens with one attached hydrogen (secondary N) is 2. The van der Waals surface area contributed by atoms with E-state index in [-0.39, 0.29) is 55.0 Å². The fourth-order valence-electron chi connectivity index (χ4n) is 9.63. The topological polar surface area (TPSA) is 138 Å². The third kappa shape index (κ3) is 9.20. The number of esters is 1. The lowest BCUT2D eigenvalue weighted by molar-refractivity contribution is -0.152. The molecule has 2 aromatic rings. The van der Waals surface area contributed by atoms with E-state index in [4.69, 9.17) is 4.74 Å². The molecule has 4 bridgehead atoms. The van der Waals surface area contributed by atoms with Crippen LogP contribution in [0, 0.1) is 35.5 Å². The van der Waals surface area contributed by atoms with Crippen LogP contribution in [0.4, 0.5) is 0 Å². The van der Waals surface area contributed by atoms with Gasteiger partial charge in [0.1, 0.15) is 12.1 Å². The van der Waals surface area contributed by atoms with Gasteiger partial charge in [0.25, 0.3) is 0 Å². The quantitative estimate of drug-likeness (QED) is 0.162. The fraction of sp³-hybridized carbons (Fsp3) is 0.675. The van der Waals surface area contributed by atoms with Gasteiger partial charge in [0.15, 0.2) is 0 Å². The van der Waals surface area contributed by atoms with Crippen molar-refractivity contribution in [2.75, 3.05) is 13.2 Å². The van der Waals surface area contributed by atoms with Gasteiger partial charge in [-0.05, 0) is 104 Å². The number of thiazole rings is 1. The van der Waals surface area contributed by atoms with E-state index in [1.54, 1.807) is 11.3 Å². The Bertz CT molecular complexity index is 1530. The number of hydrogen-bond donors (Lipinski definition) is 3. The molecule has 5 fully saturated rings. The maximum Gasteiger partial charge on any atom is 0.306 e.